The normalized spacial score (nSPS) is 10.3. The monoisotopic (exact) mass is 396 g/mol. The molecule has 3 rings (SSSR count). The van der Waals surface area contributed by atoms with E-state index in [1.54, 1.807) is 24.3 Å². The number of nitro groups is 1. The molecule has 1 N–H and O–H groups in total. The second-order valence-electron chi connectivity index (χ2n) is 6.12. The maximum Gasteiger partial charge on any atom is 0.272 e. The summed E-state index contributed by atoms with van der Waals surface area (Å²) in [6.45, 7) is 1.49. The van der Waals surface area contributed by atoms with Crippen molar-refractivity contribution in [2.24, 2.45) is 0 Å². The molecule has 0 aliphatic heterocycles. The zero-order valence-electron chi connectivity index (χ0n) is 15.4. The van der Waals surface area contributed by atoms with Gasteiger partial charge in [-0.3, -0.25) is 14.9 Å². The van der Waals surface area contributed by atoms with Crippen LogP contribution in [0.4, 0.5) is 15.8 Å². The number of anilines is 1. The minimum atomic E-state index is -0.921. The molecule has 8 heteroatoms. The van der Waals surface area contributed by atoms with Crippen LogP contribution in [0.3, 0.4) is 0 Å². The Bertz CT molecular complexity index is 1040. The van der Waals surface area contributed by atoms with Gasteiger partial charge in [0.15, 0.2) is 23.9 Å². The first-order valence-corrected chi connectivity index (χ1v) is 8.62. The van der Waals surface area contributed by atoms with Gasteiger partial charge in [-0.2, -0.15) is 0 Å². The number of hydrogen-bond acceptors (Lipinski definition) is 5. The smallest absolute Gasteiger partial charge is 0.272 e. The highest BCUT2D eigenvalue weighted by atomic mass is 19.1. The number of nitro benzene ring substituents is 1. The maximum atomic E-state index is 13.8. The summed E-state index contributed by atoms with van der Waals surface area (Å²) < 4.78 is 24.8. The van der Waals surface area contributed by atoms with E-state index in [4.69, 9.17) is 9.47 Å². The number of hydrogen-bond donors (Lipinski definition) is 1. The first kappa shape index (κ1) is 19.8. The van der Waals surface area contributed by atoms with Crippen LogP contribution in [-0.2, 0) is 4.79 Å². The molecule has 29 heavy (non-hydrogen) atoms. The number of carbonyl (C=O) groups is 1. The quantitative estimate of drug-likeness (QED) is 0.455. The SMILES string of the molecule is Cc1ccc(Oc2ccccc2NC(=O)COc2ccc([N+](=O)[O-])cc2F)cc1. The summed E-state index contributed by atoms with van der Waals surface area (Å²) in [5.41, 5.74) is 1.11. The van der Waals surface area contributed by atoms with Crippen LogP contribution >= 0.6 is 0 Å². The number of carbonyl (C=O) groups excluding carboxylic acids is 1. The number of non-ortho nitro benzene ring substituents is 1. The van der Waals surface area contributed by atoms with E-state index in [0.29, 0.717) is 17.2 Å². The van der Waals surface area contributed by atoms with Gasteiger partial charge in [0.05, 0.1) is 16.7 Å². The summed E-state index contributed by atoms with van der Waals surface area (Å²) in [6, 6.07) is 17.2. The number of benzene rings is 3. The minimum absolute atomic E-state index is 0.255. The van der Waals surface area contributed by atoms with Crippen molar-refractivity contribution < 1.29 is 23.6 Å². The molecule has 0 spiro atoms. The van der Waals surface area contributed by atoms with E-state index in [9.17, 15) is 19.3 Å². The summed E-state index contributed by atoms with van der Waals surface area (Å²) in [5.74, 6) is -0.666. The molecule has 7 nitrogen and oxygen atoms in total. The topological polar surface area (TPSA) is 90.7 Å². The van der Waals surface area contributed by atoms with Crippen molar-refractivity contribution in [2.75, 3.05) is 11.9 Å². The lowest BCUT2D eigenvalue weighted by atomic mass is 10.2. The van der Waals surface area contributed by atoms with Gasteiger partial charge in [0.2, 0.25) is 0 Å². The number of aryl methyl sites for hydroxylation is 1. The number of halogens is 1. The molecule has 0 unspecified atom stereocenters. The molecule has 1 amide bonds. The number of rotatable bonds is 7. The zero-order chi connectivity index (χ0) is 20.8. The van der Waals surface area contributed by atoms with Gasteiger partial charge in [0.25, 0.3) is 11.6 Å². The largest absolute Gasteiger partial charge is 0.481 e. The van der Waals surface area contributed by atoms with Gasteiger partial charge in [-0.15, -0.1) is 0 Å². The van der Waals surface area contributed by atoms with E-state index in [2.05, 4.69) is 5.32 Å². The Kier molecular flexibility index (Phi) is 6.03. The molecule has 0 saturated carbocycles. The molecule has 3 aromatic rings. The van der Waals surface area contributed by atoms with E-state index in [1.807, 2.05) is 31.2 Å². The van der Waals surface area contributed by atoms with Gasteiger partial charge in [0.1, 0.15) is 5.75 Å². The van der Waals surface area contributed by atoms with Crippen molar-refractivity contribution >= 4 is 17.3 Å². The van der Waals surface area contributed by atoms with E-state index in [0.717, 1.165) is 23.8 Å². The van der Waals surface area contributed by atoms with E-state index in [-0.39, 0.29) is 5.75 Å². The standard InChI is InChI=1S/C21H17FN2O5/c1-14-6-9-16(10-7-14)29-20-5-3-2-4-18(20)23-21(25)13-28-19-11-8-15(24(26)27)12-17(19)22/h2-12H,13H2,1H3,(H,23,25). The summed E-state index contributed by atoms with van der Waals surface area (Å²) in [7, 11) is 0. The number of ether oxygens (including phenoxy) is 2. The molecule has 3 aromatic carbocycles. The number of nitrogens with zero attached hydrogens (tertiary/aromatic N) is 1. The zero-order valence-corrected chi connectivity index (χ0v) is 15.4. The van der Waals surface area contributed by atoms with Crippen molar-refractivity contribution in [1.82, 2.24) is 0 Å². The second kappa shape index (κ2) is 8.83. The number of para-hydroxylation sites is 2. The molecule has 0 aliphatic carbocycles. The predicted octanol–water partition coefficient (Wildman–Crippen LogP) is 4.85. The highest BCUT2D eigenvalue weighted by molar-refractivity contribution is 5.93. The van der Waals surface area contributed by atoms with Gasteiger partial charge in [-0.05, 0) is 37.3 Å². The lowest BCUT2D eigenvalue weighted by molar-refractivity contribution is -0.385. The Morgan fingerprint density at radius 3 is 2.48 bits per heavy atom. The Balaban J connectivity index is 1.64. The molecule has 0 fully saturated rings. The molecule has 0 heterocycles. The van der Waals surface area contributed by atoms with E-state index in [1.165, 1.54) is 0 Å². The molecule has 0 aromatic heterocycles. The van der Waals surface area contributed by atoms with Crippen molar-refractivity contribution in [3.63, 3.8) is 0 Å². The number of amides is 1. The minimum Gasteiger partial charge on any atom is -0.481 e. The fraction of sp³-hybridized carbons (Fsp3) is 0.0952. The third kappa shape index (κ3) is 5.29. The van der Waals surface area contributed by atoms with Gasteiger partial charge in [-0.1, -0.05) is 29.8 Å². The van der Waals surface area contributed by atoms with Gasteiger partial charge < -0.3 is 14.8 Å². The van der Waals surface area contributed by atoms with Crippen LogP contribution in [0, 0.1) is 22.9 Å². The molecule has 0 atom stereocenters. The third-order valence-electron chi connectivity index (χ3n) is 3.89. The first-order valence-electron chi connectivity index (χ1n) is 8.62. The molecule has 0 bridgehead atoms. The van der Waals surface area contributed by atoms with E-state index < -0.39 is 28.9 Å². The molecule has 0 saturated heterocycles. The highest BCUT2D eigenvalue weighted by Crippen LogP contribution is 2.29. The van der Waals surface area contributed by atoms with Crippen molar-refractivity contribution in [2.45, 2.75) is 6.92 Å². The summed E-state index contributed by atoms with van der Waals surface area (Å²) in [5, 5.41) is 13.3. The Morgan fingerprint density at radius 1 is 1.07 bits per heavy atom. The third-order valence-corrected chi connectivity index (χ3v) is 3.89. The lowest BCUT2D eigenvalue weighted by Crippen LogP contribution is -2.20. The van der Waals surface area contributed by atoms with Crippen LogP contribution < -0.4 is 14.8 Å². The molecular weight excluding hydrogens is 379 g/mol. The van der Waals surface area contributed by atoms with E-state index >= 15 is 0 Å². The van der Waals surface area contributed by atoms with Gasteiger partial charge >= 0.3 is 0 Å². The van der Waals surface area contributed by atoms with Crippen molar-refractivity contribution in [3.05, 3.63) is 88.2 Å². The Hall–Kier alpha value is -3.94. The molecule has 0 radical (unpaired) electrons. The summed E-state index contributed by atoms with van der Waals surface area (Å²) >= 11 is 0. The van der Waals surface area contributed by atoms with Crippen LogP contribution in [0.2, 0.25) is 0 Å². The first-order chi connectivity index (χ1) is 13.9. The predicted molar refractivity (Wildman–Crippen MR) is 105 cm³/mol. The van der Waals surface area contributed by atoms with Crippen molar-refractivity contribution in [1.29, 1.82) is 0 Å². The number of nitrogens with one attached hydrogen (secondary N) is 1. The van der Waals surface area contributed by atoms with Crippen LogP contribution in [0.15, 0.2) is 66.7 Å². The Labute approximate surface area is 165 Å². The van der Waals surface area contributed by atoms with Gasteiger partial charge in [0, 0.05) is 6.07 Å². The van der Waals surface area contributed by atoms with Gasteiger partial charge in [-0.25, -0.2) is 4.39 Å². The van der Waals surface area contributed by atoms with Crippen LogP contribution in [0.5, 0.6) is 17.2 Å². The Morgan fingerprint density at radius 2 is 1.79 bits per heavy atom. The molecular formula is C21H17FN2O5. The summed E-state index contributed by atoms with van der Waals surface area (Å²) in [6.07, 6.45) is 0. The fourth-order valence-corrected chi connectivity index (χ4v) is 2.44. The van der Waals surface area contributed by atoms with Crippen LogP contribution in [0.1, 0.15) is 5.56 Å². The molecule has 0 aliphatic rings. The molecule has 148 valence electrons. The highest BCUT2D eigenvalue weighted by Gasteiger charge is 2.14. The maximum absolute atomic E-state index is 13.8. The lowest BCUT2D eigenvalue weighted by Gasteiger charge is -2.13. The second-order valence-corrected chi connectivity index (χ2v) is 6.12. The summed E-state index contributed by atoms with van der Waals surface area (Å²) in [4.78, 5) is 22.1. The average molecular weight is 396 g/mol. The van der Waals surface area contributed by atoms with Crippen LogP contribution in [-0.4, -0.2) is 17.4 Å². The van der Waals surface area contributed by atoms with Crippen molar-refractivity contribution in [3.8, 4) is 17.2 Å². The van der Waals surface area contributed by atoms with Crippen LogP contribution in [0.25, 0.3) is 0 Å². The fourth-order valence-electron chi connectivity index (χ4n) is 2.44. The average Bonchev–Trinajstić information content (AvgIpc) is 2.70.